The maximum Gasteiger partial charge on any atom is 0.319 e. The Morgan fingerprint density at radius 1 is 1.22 bits per heavy atom. The number of ether oxygens (including phenoxy) is 1. The van der Waals surface area contributed by atoms with Crippen molar-refractivity contribution in [3.8, 4) is 0 Å². The molecule has 1 saturated carbocycles. The normalized spacial score (nSPS) is 15.5. The van der Waals surface area contributed by atoms with E-state index in [1.54, 1.807) is 31.4 Å². The van der Waals surface area contributed by atoms with Crippen LogP contribution in [0.4, 0.5) is 10.5 Å². The van der Waals surface area contributed by atoms with Crippen LogP contribution in [0.2, 0.25) is 0 Å². The summed E-state index contributed by atoms with van der Waals surface area (Å²) < 4.78 is 29.8. The molecule has 2 rings (SSSR count). The fraction of sp³-hybridized carbons (Fsp3) is 0.562. The Hall–Kier alpha value is -1.60. The molecule has 23 heavy (non-hydrogen) atoms. The molecular weight excluding hydrogens is 316 g/mol. The van der Waals surface area contributed by atoms with Gasteiger partial charge in [0.05, 0.1) is 10.1 Å². The van der Waals surface area contributed by atoms with Crippen LogP contribution in [0, 0.1) is 0 Å². The van der Waals surface area contributed by atoms with E-state index < -0.39 is 9.84 Å². The average Bonchev–Trinajstić information content (AvgIpc) is 3.07. The molecule has 6 nitrogen and oxygen atoms in total. The van der Waals surface area contributed by atoms with Gasteiger partial charge in [-0.1, -0.05) is 12.8 Å². The van der Waals surface area contributed by atoms with Crippen LogP contribution in [0.25, 0.3) is 0 Å². The summed E-state index contributed by atoms with van der Waals surface area (Å²) in [5, 5.41) is 5.13. The van der Waals surface area contributed by atoms with Gasteiger partial charge in [0.25, 0.3) is 0 Å². The maximum absolute atomic E-state index is 12.5. The van der Waals surface area contributed by atoms with Gasteiger partial charge in [0.15, 0.2) is 9.84 Å². The molecule has 2 amide bonds. The van der Waals surface area contributed by atoms with Gasteiger partial charge in [-0.15, -0.1) is 0 Å². The predicted octanol–water partition coefficient (Wildman–Crippen LogP) is 2.56. The van der Waals surface area contributed by atoms with Gasteiger partial charge >= 0.3 is 6.03 Å². The molecule has 0 saturated heterocycles. The molecule has 0 aliphatic heterocycles. The van der Waals surface area contributed by atoms with Crippen molar-refractivity contribution in [1.82, 2.24) is 5.32 Å². The number of benzene rings is 1. The number of carbonyl (C=O) groups excluding carboxylic acids is 1. The van der Waals surface area contributed by atoms with Gasteiger partial charge in [0, 0.05) is 25.9 Å². The number of methoxy groups -OCH3 is 1. The molecule has 0 radical (unpaired) electrons. The summed E-state index contributed by atoms with van der Waals surface area (Å²) in [5.74, 6) is 0. The number of sulfone groups is 1. The van der Waals surface area contributed by atoms with Crippen molar-refractivity contribution in [3.05, 3.63) is 24.3 Å². The lowest BCUT2D eigenvalue weighted by Gasteiger charge is -2.12. The lowest BCUT2D eigenvalue weighted by atomic mass is 10.3. The SMILES string of the molecule is COCCCNC(=O)Nc1ccc(S(=O)(=O)C2CCCC2)cc1. The van der Waals surface area contributed by atoms with Gasteiger partial charge in [-0.2, -0.15) is 0 Å². The lowest BCUT2D eigenvalue weighted by molar-refractivity contribution is 0.194. The highest BCUT2D eigenvalue weighted by Crippen LogP contribution is 2.29. The number of rotatable bonds is 7. The third-order valence-corrected chi connectivity index (χ3v) is 6.27. The number of urea groups is 1. The van der Waals surface area contributed by atoms with Crippen molar-refractivity contribution in [2.75, 3.05) is 25.6 Å². The summed E-state index contributed by atoms with van der Waals surface area (Å²) >= 11 is 0. The van der Waals surface area contributed by atoms with Gasteiger partial charge in [-0.05, 0) is 43.5 Å². The highest BCUT2D eigenvalue weighted by atomic mass is 32.2. The lowest BCUT2D eigenvalue weighted by Crippen LogP contribution is -2.30. The van der Waals surface area contributed by atoms with E-state index in [-0.39, 0.29) is 11.3 Å². The van der Waals surface area contributed by atoms with Gasteiger partial charge in [-0.25, -0.2) is 13.2 Å². The highest BCUT2D eigenvalue weighted by Gasteiger charge is 2.30. The fourth-order valence-electron chi connectivity index (χ4n) is 2.71. The van der Waals surface area contributed by atoms with E-state index in [1.807, 2.05) is 0 Å². The van der Waals surface area contributed by atoms with Crippen molar-refractivity contribution in [2.45, 2.75) is 42.2 Å². The molecule has 1 aliphatic rings. The second kappa shape index (κ2) is 8.31. The first-order valence-electron chi connectivity index (χ1n) is 7.92. The largest absolute Gasteiger partial charge is 0.385 e. The summed E-state index contributed by atoms with van der Waals surface area (Å²) in [6, 6.07) is 6.06. The Morgan fingerprint density at radius 3 is 2.48 bits per heavy atom. The third kappa shape index (κ3) is 4.94. The van der Waals surface area contributed by atoms with E-state index in [2.05, 4.69) is 10.6 Å². The second-order valence-electron chi connectivity index (χ2n) is 5.70. The second-order valence-corrected chi connectivity index (χ2v) is 7.93. The molecule has 0 atom stereocenters. The first-order chi connectivity index (χ1) is 11.0. The van der Waals surface area contributed by atoms with Crippen LogP contribution in [-0.2, 0) is 14.6 Å². The standard InChI is InChI=1S/C16H24N2O4S/c1-22-12-4-11-17-16(19)18-13-7-9-15(10-8-13)23(20,21)14-5-2-3-6-14/h7-10,14H,2-6,11-12H2,1H3,(H2,17,18,19). The Labute approximate surface area is 137 Å². The Bertz CT molecular complexity index is 607. The molecule has 1 aromatic rings. The highest BCUT2D eigenvalue weighted by molar-refractivity contribution is 7.92. The molecule has 0 aromatic heterocycles. The molecule has 0 unspecified atom stereocenters. The minimum absolute atomic E-state index is 0.259. The third-order valence-electron chi connectivity index (χ3n) is 3.99. The molecule has 7 heteroatoms. The first kappa shape index (κ1) is 17.7. The quantitative estimate of drug-likeness (QED) is 0.747. The fourth-order valence-corrected chi connectivity index (χ4v) is 4.57. The van der Waals surface area contributed by atoms with Crippen LogP contribution >= 0.6 is 0 Å². The number of carbonyl (C=O) groups is 1. The summed E-state index contributed by atoms with van der Waals surface area (Å²) in [4.78, 5) is 12.0. The van der Waals surface area contributed by atoms with Crippen molar-refractivity contribution in [1.29, 1.82) is 0 Å². The van der Waals surface area contributed by atoms with E-state index >= 15 is 0 Å². The zero-order valence-electron chi connectivity index (χ0n) is 13.4. The van der Waals surface area contributed by atoms with E-state index in [4.69, 9.17) is 4.74 Å². The van der Waals surface area contributed by atoms with E-state index in [9.17, 15) is 13.2 Å². The molecule has 0 heterocycles. The molecule has 1 aliphatic carbocycles. The number of nitrogens with one attached hydrogen (secondary N) is 2. The van der Waals surface area contributed by atoms with Gasteiger partial charge < -0.3 is 15.4 Å². The molecular formula is C16H24N2O4S. The number of anilines is 1. The van der Waals surface area contributed by atoms with Crippen LogP contribution in [0.5, 0.6) is 0 Å². The van der Waals surface area contributed by atoms with Gasteiger partial charge in [0.1, 0.15) is 0 Å². The number of hydrogen-bond donors (Lipinski definition) is 2. The van der Waals surface area contributed by atoms with Crippen molar-refractivity contribution in [2.24, 2.45) is 0 Å². The van der Waals surface area contributed by atoms with Crippen molar-refractivity contribution < 1.29 is 17.9 Å². The van der Waals surface area contributed by atoms with Crippen LogP contribution in [0.3, 0.4) is 0 Å². The monoisotopic (exact) mass is 340 g/mol. The molecule has 0 bridgehead atoms. The molecule has 1 aromatic carbocycles. The first-order valence-corrected chi connectivity index (χ1v) is 9.46. The van der Waals surface area contributed by atoms with E-state index in [0.29, 0.717) is 23.7 Å². The predicted molar refractivity (Wildman–Crippen MR) is 89.4 cm³/mol. The van der Waals surface area contributed by atoms with Gasteiger partial charge in [0.2, 0.25) is 0 Å². The van der Waals surface area contributed by atoms with Crippen molar-refractivity contribution in [3.63, 3.8) is 0 Å². The smallest absolute Gasteiger partial charge is 0.319 e. The van der Waals surface area contributed by atoms with Gasteiger partial charge in [-0.3, -0.25) is 0 Å². The summed E-state index contributed by atoms with van der Waals surface area (Å²) in [5.41, 5.74) is 0.569. The van der Waals surface area contributed by atoms with Crippen LogP contribution < -0.4 is 10.6 Å². The van der Waals surface area contributed by atoms with Crippen LogP contribution in [0.1, 0.15) is 32.1 Å². The Kier molecular flexibility index (Phi) is 6.41. The number of amides is 2. The molecule has 2 N–H and O–H groups in total. The minimum Gasteiger partial charge on any atom is -0.385 e. The van der Waals surface area contributed by atoms with E-state index in [0.717, 1.165) is 32.1 Å². The molecule has 1 fully saturated rings. The Balaban J connectivity index is 1.90. The number of hydrogen-bond acceptors (Lipinski definition) is 4. The van der Waals surface area contributed by atoms with Crippen LogP contribution in [-0.4, -0.2) is 40.0 Å². The Morgan fingerprint density at radius 2 is 1.87 bits per heavy atom. The molecule has 128 valence electrons. The maximum atomic E-state index is 12.5. The minimum atomic E-state index is -3.25. The van der Waals surface area contributed by atoms with Crippen molar-refractivity contribution >= 4 is 21.6 Å². The zero-order valence-corrected chi connectivity index (χ0v) is 14.2. The summed E-state index contributed by atoms with van der Waals surface area (Å²) in [6.07, 6.45) is 4.18. The average molecular weight is 340 g/mol. The zero-order chi connectivity index (χ0) is 16.7. The summed E-state index contributed by atoms with van der Waals surface area (Å²) in [7, 11) is -1.63. The van der Waals surface area contributed by atoms with E-state index in [1.165, 1.54) is 0 Å². The van der Waals surface area contributed by atoms with Crippen LogP contribution in [0.15, 0.2) is 29.2 Å². The molecule has 0 spiro atoms. The summed E-state index contributed by atoms with van der Waals surface area (Å²) in [6.45, 7) is 1.11. The topological polar surface area (TPSA) is 84.5 Å².